The normalized spacial score (nSPS) is 19.6. The molecule has 1 atom stereocenters. The van der Waals surface area contributed by atoms with Gasteiger partial charge in [-0.3, -0.25) is 9.59 Å². The number of anilines is 1. The first-order chi connectivity index (χ1) is 10.5. The van der Waals surface area contributed by atoms with E-state index in [0.717, 1.165) is 12.0 Å². The minimum Gasteiger partial charge on any atom is -0.375 e. The summed E-state index contributed by atoms with van der Waals surface area (Å²) >= 11 is 0. The van der Waals surface area contributed by atoms with E-state index in [1.165, 1.54) is 0 Å². The summed E-state index contributed by atoms with van der Waals surface area (Å²) in [6.07, 6.45) is 0.634. The van der Waals surface area contributed by atoms with Crippen LogP contribution in [0.25, 0.3) is 0 Å². The molecule has 1 aliphatic rings. The molecule has 0 aromatic heterocycles. The highest BCUT2D eigenvalue weighted by atomic mass is 16.3. The highest BCUT2D eigenvalue weighted by Gasteiger charge is 2.46. The Morgan fingerprint density at radius 3 is 2.50 bits per heavy atom. The van der Waals surface area contributed by atoms with E-state index < -0.39 is 11.5 Å². The molecular weight excluding hydrogens is 278 g/mol. The van der Waals surface area contributed by atoms with Crippen molar-refractivity contribution in [3.8, 4) is 0 Å². The number of ketones is 1. The van der Waals surface area contributed by atoms with Gasteiger partial charge in [0.1, 0.15) is 0 Å². The Hall–Kier alpha value is -2.46. The number of aryl methyl sites for hydroxylation is 1. The number of fused-ring (bicyclic) bond motifs is 1. The molecule has 0 saturated carbocycles. The molecule has 1 aliphatic heterocycles. The highest BCUT2D eigenvalue weighted by Crippen LogP contribution is 2.38. The number of nitrogens with one attached hydrogen (secondary N) is 1. The van der Waals surface area contributed by atoms with Crippen LogP contribution in [0.15, 0.2) is 48.5 Å². The average Bonchev–Trinajstić information content (AvgIpc) is 2.79. The predicted molar refractivity (Wildman–Crippen MR) is 83.7 cm³/mol. The van der Waals surface area contributed by atoms with Gasteiger partial charge >= 0.3 is 0 Å². The SMILES string of the molecule is CCc1ccc(C(=O)C[C@]2(O)C(=O)Nc3ccccc32)cc1. The maximum absolute atomic E-state index is 12.4. The third-order valence-electron chi connectivity index (χ3n) is 4.10. The number of aliphatic hydroxyl groups is 1. The third-order valence-corrected chi connectivity index (χ3v) is 4.10. The number of carbonyl (C=O) groups is 2. The Morgan fingerprint density at radius 1 is 1.14 bits per heavy atom. The second-order valence-electron chi connectivity index (χ2n) is 5.51. The molecule has 3 rings (SSSR count). The van der Waals surface area contributed by atoms with Crippen molar-refractivity contribution in [2.45, 2.75) is 25.4 Å². The molecule has 0 spiro atoms. The molecule has 0 fully saturated rings. The molecule has 4 nitrogen and oxygen atoms in total. The zero-order valence-corrected chi connectivity index (χ0v) is 12.3. The van der Waals surface area contributed by atoms with Crippen molar-refractivity contribution in [3.63, 3.8) is 0 Å². The molecule has 2 aromatic carbocycles. The summed E-state index contributed by atoms with van der Waals surface area (Å²) in [5.74, 6) is -0.802. The van der Waals surface area contributed by atoms with Crippen LogP contribution in [0, 0.1) is 0 Å². The summed E-state index contributed by atoms with van der Waals surface area (Å²) in [6.45, 7) is 2.04. The van der Waals surface area contributed by atoms with E-state index in [2.05, 4.69) is 5.32 Å². The lowest BCUT2D eigenvalue weighted by Gasteiger charge is -2.20. The van der Waals surface area contributed by atoms with Gasteiger partial charge in [0.05, 0.1) is 6.42 Å². The zero-order chi connectivity index (χ0) is 15.7. The van der Waals surface area contributed by atoms with Crippen LogP contribution >= 0.6 is 0 Å². The Morgan fingerprint density at radius 2 is 1.82 bits per heavy atom. The van der Waals surface area contributed by atoms with Gasteiger partial charge in [0.2, 0.25) is 0 Å². The van der Waals surface area contributed by atoms with Crippen LogP contribution in [0.2, 0.25) is 0 Å². The molecule has 4 heteroatoms. The number of amides is 1. The number of Topliss-reactive ketones (excluding diaryl/α,β-unsaturated/α-hetero) is 1. The molecule has 22 heavy (non-hydrogen) atoms. The van der Waals surface area contributed by atoms with E-state index in [4.69, 9.17) is 0 Å². The van der Waals surface area contributed by atoms with E-state index in [1.54, 1.807) is 36.4 Å². The monoisotopic (exact) mass is 295 g/mol. The fraction of sp³-hybridized carbons (Fsp3) is 0.222. The molecule has 0 bridgehead atoms. The lowest BCUT2D eigenvalue weighted by Crippen LogP contribution is -2.36. The van der Waals surface area contributed by atoms with E-state index >= 15 is 0 Å². The van der Waals surface area contributed by atoms with Crippen LogP contribution in [0.3, 0.4) is 0 Å². The molecule has 112 valence electrons. The van der Waals surface area contributed by atoms with Crippen LogP contribution in [0.1, 0.15) is 34.8 Å². The van der Waals surface area contributed by atoms with Crippen LogP contribution in [-0.2, 0) is 16.8 Å². The fourth-order valence-corrected chi connectivity index (χ4v) is 2.74. The summed E-state index contributed by atoms with van der Waals surface area (Å²) in [5.41, 5.74) is 0.863. The van der Waals surface area contributed by atoms with Gasteiger partial charge in [-0.15, -0.1) is 0 Å². The van der Waals surface area contributed by atoms with E-state index in [9.17, 15) is 14.7 Å². The summed E-state index contributed by atoms with van der Waals surface area (Å²) in [4.78, 5) is 24.5. The summed E-state index contributed by atoms with van der Waals surface area (Å²) in [5, 5.41) is 13.3. The standard InChI is InChI=1S/C18H17NO3/c1-2-12-7-9-13(10-8-12)16(20)11-18(22)14-5-3-4-6-15(14)19-17(18)21/h3-10,22H,2,11H2,1H3,(H,19,21)/t18-/m1/s1. The van der Waals surface area contributed by atoms with Crippen LogP contribution in [0.5, 0.6) is 0 Å². The van der Waals surface area contributed by atoms with Gasteiger partial charge in [-0.05, 0) is 18.1 Å². The molecule has 0 aliphatic carbocycles. The summed E-state index contributed by atoms with van der Waals surface area (Å²) < 4.78 is 0. The first kappa shape index (κ1) is 14.5. The van der Waals surface area contributed by atoms with Crippen molar-refractivity contribution in [1.82, 2.24) is 0 Å². The average molecular weight is 295 g/mol. The largest absolute Gasteiger partial charge is 0.375 e. The van der Waals surface area contributed by atoms with Gasteiger partial charge < -0.3 is 10.4 Å². The Kier molecular flexibility index (Phi) is 3.54. The van der Waals surface area contributed by atoms with Crippen molar-refractivity contribution in [2.75, 3.05) is 5.32 Å². The number of hydrogen-bond acceptors (Lipinski definition) is 3. The van der Waals surface area contributed by atoms with Gasteiger partial charge in [-0.1, -0.05) is 49.4 Å². The van der Waals surface area contributed by atoms with Crippen molar-refractivity contribution < 1.29 is 14.7 Å². The smallest absolute Gasteiger partial charge is 0.261 e. The summed E-state index contributed by atoms with van der Waals surface area (Å²) in [6, 6.07) is 14.2. The van der Waals surface area contributed by atoms with E-state index in [0.29, 0.717) is 16.8 Å². The molecule has 1 heterocycles. The molecule has 0 saturated heterocycles. The fourth-order valence-electron chi connectivity index (χ4n) is 2.74. The van der Waals surface area contributed by atoms with Gasteiger partial charge in [0, 0.05) is 16.8 Å². The minimum atomic E-state index is -1.79. The van der Waals surface area contributed by atoms with Crippen LogP contribution in [0.4, 0.5) is 5.69 Å². The minimum absolute atomic E-state index is 0.253. The van der Waals surface area contributed by atoms with Gasteiger partial charge in [-0.25, -0.2) is 0 Å². The van der Waals surface area contributed by atoms with E-state index in [1.807, 2.05) is 19.1 Å². The Balaban J connectivity index is 1.88. The number of hydrogen-bond donors (Lipinski definition) is 2. The number of benzene rings is 2. The Labute approximate surface area is 128 Å². The van der Waals surface area contributed by atoms with E-state index in [-0.39, 0.29) is 12.2 Å². The topological polar surface area (TPSA) is 66.4 Å². The maximum Gasteiger partial charge on any atom is 0.261 e. The molecule has 1 amide bonds. The van der Waals surface area contributed by atoms with Crippen LogP contribution < -0.4 is 5.32 Å². The van der Waals surface area contributed by atoms with Gasteiger partial charge in [-0.2, -0.15) is 0 Å². The van der Waals surface area contributed by atoms with Crippen LogP contribution in [-0.4, -0.2) is 16.8 Å². The highest BCUT2D eigenvalue weighted by molar-refractivity contribution is 6.09. The summed E-state index contributed by atoms with van der Waals surface area (Å²) in [7, 11) is 0. The van der Waals surface area contributed by atoms with Gasteiger partial charge in [0.25, 0.3) is 5.91 Å². The number of para-hydroxylation sites is 1. The number of rotatable bonds is 4. The molecule has 0 radical (unpaired) electrons. The first-order valence-corrected chi connectivity index (χ1v) is 7.30. The Bertz CT molecular complexity index is 736. The van der Waals surface area contributed by atoms with Crippen molar-refractivity contribution in [3.05, 3.63) is 65.2 Å². The van der Waals surface area contributed by atoms with Gasteiger partial charge in [0.15, 0.2) is 11.4 Å². The lowest BCUT2D eigenvalue weighted by molar-refractivity contribution is -0.133. The predicted octanol–water partition coefficient (Wildman–Crippen LogP) is 2.66. The molecule has 0 unspecified atom stereocenters. The molecular formula is C18H17NO3. The van der Waals surface area contributed by atoms with Crippen molar-refractivity contribution in [1.29, 1.82) is 0 Å². The second-order valence-corrected chi connectivity index (χ2v) is 5.51. The van der Waals surface area contributed by atoms with Crippen molar-refractivity contribution in [2.24, 2.45) is 0 Å². The third kappa shape index (κ3) is 2.31. The molecule has 2 N–H and O–H groups in total. The first-order valence-electron chi connectivity index (χ1n) is 7.30. The zero-order valence-electron chi connectivity index (χ0n) is 12.3. The second kappa shape index (κ2) is 5.39. The lowest BCUT2D eigenvalue weighted by atomic mass is 9.88. The number of carbonyl (C=O) groups excluding carboxylic acids is 2. The van der Waals surface area contributed by atoms with Crippen molar-refractivity contribution >= 4 is 17.4 Å². The molecule has 2 aromatic rings. The quantitative estimate of drug-likeness (QED) is 0.852. The maximum atomic E-state index is 12.4.